The number of carboxylic acids is 1. The molecule has 11 heteroatoms. The molecule has 0 saturated heterocycles. The van der Waals surface area contributed by atoms with Crippen LogP contribution in [-0.4, -0.2) is 38.1 Å². The molecule has 0 aromatic heterocycles. The summed E-state index contributed by atoms with van der Waals surface area (Å²) < 4.78 is 60.0. The van der Waals surface area contributed by atoms with Crippen molar-refractivity contribution in [2.45, 2.75) is 56.0 Å². The third kappa shape index (κ3) is 8.08. The predicted molar refractivity (Wildman–Crippen MR) is 146 cm³/mol. The molecule has 0 radical (unpaired) electrons. The van der Waals surface area contributed by atoms with Gasteiger partial charge in [-0.2, -0.15) is 13.2 Å². The number of anilines is 1. The Morgan fingerprint density at radius 3 is 2.08 bits per heavy atom. The molecule has 4 rings (SSSR count). The highest BCUT2D eigenvalue weighted by Gasteiger charge is 2.51. The molecule has 40 heavy (non-hydrogen) atoms. The van der Waals surface area contributed by atoms with E-state index in [2.05, 4.69) is 22.2 Å². The molecule has 0 unspecified atom stereocenters. The van der Waals surface area contributed by atoms with Crippen molar-refractivity contribution in [1.82, 2.24) is 5.32 Å². The summed E-state index contributed by atoms with van der Waals surface area (Å²) >= 11 is 0. The van der Waals surface area contributed by atoms with Crippen LogP contribution in [0.3, 0.4) is 0 Å². The molecule has 214 valence electrons. The van der Waals surface area contributed by atoms with Gasteiger partial charge in [0.05, 0.1) is 10.3 Å². The number of benzene rings is 3. The molecular formula is C29H31F3N2O5S. The Morgan fingerprint density at radius 2 is 1.55 bits per heavy atom. The van der Waals surface area contributed by atoms with E-state index in [4.69, 9.17) is 9.90 Å². The molecule has 1 saturated carbocycles. The summed E-state index contributed by atoms with van der Waals surface area (Å²) in [6.07, 6.45) is -1.63. The monoisotopic (exact) mass is 576 g/mol. The van der Waals surface area contributed by atoms with Crippen molar-refractivity contribution in [2.75, 3.05) is 11.3 Å². The van der Waals surface area contributed by atoms with Crippen LogP contribution in [0.4, 0.5) is 18.9 Å². The van der Waals surface area contributed by atoms with E-state index in [0.717, 1.165) is 36.8 Å². The zero-order chi connectivity index (χ0) is 29.6. The molecule has 7 nitrogen and oxygen atoms in total. The maximum atomic E-state index is 12.9. The fourth-order valence-electron chi connectivity index (χ4n) is 4.25. The zero-order valence-corrected chi connectivity index (χ0v) is 22.9. The average molecular weight is 577 g/mol. The van der Waals surface area contributed by atoms with Crippen molar-refractivity contribution in [3.05, 3.63) is 95.1 Å². The number of amides is 1. The second kappa shape index (κ2) is 12.5. The number of halogens is 3. The van der Waals surface area contributed by atoms with Gasteiger partial charge in [0.2, 0.25) is 5.91 Å². The lowest BCUT2D eigenvalue weighted by molar-refractivity contribution is -0.192. The summed E-state index contributed by atoms with van der Waals surface area (Å²) in [6.45, 7) is 4.37. The van der Waals surface area contributed by atoms with Crippen molar-refractivity contribution in [2.24, 2.45) is 0 Å². The Bertz CT molecular complexity index is 1440. The standard InChI is InChI=1S/C27H30N2O3S.C2HF3O2/c1-20-10-15-25(21(2)19-20)33(31,32)29-24-13-11-23(12-14-24)27(16-17-27)26(30)28-18-6-9-22-7-4-3-5-8-22;3-2(4,5)1(6)7/h3-5,7-8,10-15,19,29H,6,9,16-18H2,1-2H3,(H,28,30);(H,6,7). The number of hydrogen-bond donors (Lipinski definition) is 3. The first-order valence-electron chi connectivity index (χ1n) is 12.6. The summed E-state index contributed by atoms with van der Waals surface area (Å²) in [7, 11) is -3.68. The summed E-state index contributed by atoms with van der Waals surface area (Å²) in [6, 6.07) is 22.7. The first kappa shape index (κ1) is 30.7. The molecule has 1 aliphatic rings. The lowest BCUT2D eigenvalue weighted by Gasteiger charge is -2.17. The minimum absolute atomic E-state index is 0.0548. The summed E-state index contributed by atoms with van der Waals surface area (Å²) in [5.41, 5.74) is 3.92. The lowest BCUT2D eigenvalue weighted by atomic mass is 9.94. The van der Waals surface area contributed by atoms with Crippen LogP contribution in [0.25, 0.3) is 0 Å². The maximum Gasteiger partial charge on any atom is 0.490 e. The zero-order valence-electron chi connectivity index (χ0n) is 22.1. The molecule has 0 bridgehead atoms. The van der Waals surface area contributed by atoms with Crippen LogP contribution >= 0.6 is 0 Å². The van der Waals surface area contributed by atoms with Gasteiger partial charge in [-0.25, -0.2) is 13.2 Å². The maximum absolute atomic E-state index is 12.9. The molecular weight excluding hydrogens is 545 g/mol. The highest BCUT2D eigenvalue weighted by Crippen LogP contribution is 2.48. The van der Waals surface area contributed by atoms with E-state index in [1.165, 1.54) is 5.56 Å². The average Bonchev–Trinajstić information content (AvgIpc) is 3.69. The van der Waals surface area contributed by atoms with Crippen LogP contribution in [0, 0.1) is 13.8 Å². The van der Waals surface area contributed by atoms with Crippen molar-refractivity contribution in [1.29, 1.82) is 0 Å². The molecule has 3 N–H and O–H groups in total. The fourth-order valence-corrected chi connectivity index (χ4v) is 5.53. The van der Waals surface area contributed by atoms with Gasteiger partial charge in [-0.15, -0.1) is 0 Å². The minimum atomic E-state index is -5.08. The Hall–Kier alpha value is -3.86. The van der Waals surface area contributed by atoms with Gasteiger partial charge in [0.15, 0.2) is 0 Å². The van der Waals surface area contributed by atoms with E-state index in [9.17, 15) is 26.4 Å². The second-order valence-electron chi connectivity index (χ2n) is 9.68. The lowest BCUT2D eigenvalue weighted by Crippen LogP contribution is -2.35. The van der Waals surface area contributed by atoms with E-state index in [-0.39, 0.29) is 10.8 Å². The molecule has 1 fully saturated rings. The normalized spacial score (nSPS) is 13.9. The SMILES string of the molecule is Cc1ccc(S(=O)(=O)Nc2ccc(C3(C(=O)NCCCc4ccccc4)CC3)cc2)c(C)c1.O=C(O)C(F)(F)F. The molecule has 3 aromatic rings. The molecule has 1 aliphatic carbocycles. The van der Waals surface area contributed by atoms with Gasteiger partial charge >= 0.3 is 12.1 Å². The van der Waals surface area contributed by atoms with Crippen LogP contribution < -0.4 is 10.0 Å². The Morgan fingerprint density at radius 1 is 0.950 bits per heavy atom. The highest BCUT2D eigenvalue weighted by atomic mass is 32.2. The number of hydrogen-bond acceptors (Lipinski definition) is 4. The van der Waals surface area contributed by atoms with Crippen LogP contribution in [-0.2, 0) is 31.4 Å². The van der Waals surface area contributed by atoms with Gasteiger partial charge in [-0.1, -0.05) is 60.2 Å². The number of nitrogens with one attached hydrogen (secondary N) is 2. The topological polar surface area (TPSA) is 113 Å². The van der Waals surface area contributed by atoms with Crippen molar-refractivity contribution in [3.63, 3.8) is 0 Å². The largest absolute Gasteiger partial charge is 0.490 e. The Balaban J connectivity index is 0.000000559. The van der Waals surface area contributed by atoms with E-state index in [0.29, 0.717) is 17.8 Å². The number of aliphatic carboxylic acids is 1. The van der Waals surface area contributed by atoms with E-state index < -0.39 is 27.6 Å². The first-order valence-corrected chi connectivity index (χ1v) is 14.1. The number of alkyl halides is 3. The molecule has 1 amide bonds. The van der Waals surface area contributed by atoms with Gasteiger partial charge in [0.1, 0.15) is 0 Å². The number of aryl methyl sites for hydroxylation is 3. The second-order valence-corrected chi connectivity index (χ2v) is 11.3. The molecule has 0 spiro atoms. The van der Waals surface area contributed by atoms with E-state index in [1.54, 1.807) is 31.2 Å². The van der Waals surface area contributed by atoms with Gasteiger partial charge < -0.3 is 10.4 Å². The van der Waals surface area contributed by atoms with Gasteiger partial charge in [-0.05, 0) is 74.4 Å². The van der Waals surface area contributed by atoms with Gasteiger partial charge in [0, 0.05) is 12.2 Å². The van der Waals surface area contributed by atoms with Crippen molar-refractivity contribution in [3.8, 4) is 0 Å². The molecule has 0 heterocycles. The molecule has 3 aromatic carbocycles. The van der Waals surface area contributed by atoms with Crippen molar-refractivity contribution >= 4 is 27.6 Å². The third-order valence-corrected chi connectivity index (χ3v) is 8.05. The Kier molecular flexibility index (Phi) is 9.62. The third-order valence-electron chi connectivity index (χ3n) is 6.51. The predicted octanol–water partition coefficient (Wildman–Crippen LogP) is 5.52. The van der Waals surface area contributed by atoms with Crippen molar-refractivity contribution < 1.29 is 36.3 Å². The minimum Gasteiger partial charge on any atom is -0.475 e. The summed E-state index contributed by atoms with van der Waals surface area (Å²) in [5.74, 6) is -2.70. The van der Waals surface area contributed by atoms with E-state index >= 15 is 0 Å². The Labute approximate surface area is 231 Å². The van der Waals surface area contributed by atoms with Crippen LogP contribution in [0.1, 0.15) is 41.5 Å². The first-order chi connectivity index (χ1) is 18.7. The highest BCUT2D eigenvalue weighted by molar-refractivity contribution is 7.92. The number of carboxylic acid groups (broad SMARTS) is 1. The molecule has 0 aliphatic heterocycles. The quantitative estimate of drug-likeness (QED) is 0.291. The van der Waals surface area contributed by atoms with E-state index in [1.807, 2.05) is 43.3 Å². The molecule has 0 atom stereocenters. The summed E-state index contributed by atoms with van der Waals surface area (Å²) in [4.78, 5) is 22.0. The van der Waals surface area contributed by atoms with Gasteiger partial charge in [0.25, 0.3) is 10.0 Å². The smallest absolute Gasteiger partial charge is 0.475 e. The number of sulfonamides is 1. The van der Waals surface area contributed by atoms with Crippen LogP contribution in [0.5, 0.6) is 0 Å². The van der Waals surface area contributed by atoms with Gasteiger partial charge in [-0.3, -0.25) is 9.52 Å². The number of carbonyl (C=O) groups excluding carboxylic acids is 1. The summed E-state index contributed by atoms with van der Waals surface area (Å²) in [5, 5.41) is 10.2. The number of rotatable bonds is 9. The van der Waals surface area contributed by atoms with Crippen LogP contribution in [0.2, 0.25) is 0 Å². The fraction of sp³-hybridized carbons (Fsp3) is 0.310. The number of carbonyl (C=O) groups is 2. The van der Waals surface area contributed by atoms with Crippen LogP contribution in [0.15, 0.2) is 77.7 Å².